The number of aromatic nitrogens is 2. The summed E-state index contributed by atoms with van der Waals surface area (Å²) < 4.78 is 1.53. The van der Waals surface area contributed by atoms with E-state index in [1.807, 2.05) is 30.3 Å². The van der Waals surface area contributed by atoms with Gasteiger partial charge in [0, 0.05) is 49.1 Å². The zero-order chi connectivity index (χ0) is 20.8. The molecule has 0 aliphatic carbocycles. The van der Waals surface area contributed by atoms with Gasteiger partial charge in [0.15, 0.2) is 5.82 Å². The minimum absolute atomic E-state index is 0.169. The molecule has 0 saturated carbocycles. The van der Waals surface area contributed by atoms with E-state index in [4.69, 9.17) is 5.73 Å². The van der Waals surface area contributed by atoms with E-state index in [1.54, 1.807) is 48.5 Å². The van der Waals surface area contributed by atoms with Crippen LogP contribution >= 0.6 is 0 Å². The number of rotatable bonds is 7. The van der Waals surface area contributed by atoms with Crippen LogP contribution in [0.3, 0.4) is 0 Å². The van der Waals surface area contributed by atoms with Crippen LogP contribution in [0.1, 0.15) is 27.1 Å². The van der Waals surface area contributed by atoms with Crippen molar-refractivity contribution in [1.29, 1.82) is 0 Å². The number of para-hydroxylation sites is 1. The number of nitrogens with two attached hydrogens (primary N) is 1. The van der Waals surface area contributed by atoms with E-state index in [-0.39, 0.29) is 18.2 Å². The summed E-state index contributed by atoms with van der Waals surface area (Å²) in [6.07, 6.45) is 1.82. The molecule has 0 unspecified atom stereocenters. The topological polar surface area (TPSA) is 110 Å². The monoisotopic (exact) mass is 391 g/mol. The molecule has 3 aromatic rings. The first kappa shape index (κ1) is 19.8. The highest BCUT2D eigenvalue weighted by Gasteiger charge is 2.14. The molecule has 0 fully saturated rings. The zero-order valence-electron chi connectivity index (χ0n) is 15.9. The molecule has 3 N–H and O–H groups in total. The molecule has 0 bridgehead atoms. The Labute approximate surface area is 167 Å². The second kappa shape index (κ2) is 8.83. The Hall–Kier alpha value is -3.94. The zero-order valence-corrected chi connectivity index (χ0v) is 15.9. The Morgan fingerprint density at radius 2 is 1.66 bits per heavy atom. The summed E-state index contributed by atoms with van der Waals surface area (Å²) in [5.74, 6) is -0.570. The van der Waals surface area contributed by atoms with Crippen molar-refractivity contribution in [2.24, 2.45) is 5.73 Å². The van der Waals surface area contributed by atoms with Crippen LogP contribution in [0, 0.1) is 0 Å². The predicted octanol–water partition coefficient (Wildman–Crippen LogP) is 2.29. The standard InChI is InChI=1S/C21H21N5O3/c1-25(17-5-3-2-4-6-17)21(29)16-9-7-15(8-10-16)20(28)23-19-12-14-26(24-19)13-11-18(22)27/h2-10,12,14H,11,13H2,1H3,(H2,22,27)(H,23,24,28). The number of carbonyl (C=O) groups is 3. The molecule has 29 heavy (non-hydrogen) atoms. The number of hydrogen-bond acceptors (Lipinski definition) is 4. The normalized spacial score (nSPS) is 10.4. The van der Waals surface area contributed by atoms with Gasteiger partial charge in [-0.2, -0.15) is 5.10 Å². The SMILES string of the molecule is CN(C(=O)c1ccc(C(=O)Nc2ccn(CCC(N)=O)n2)cc1)c1ccccc1. The molecule has 3 amide bonds. The minimum Gasteiger partial charge on any atom is -0.370 e. The number of carbonyl (C=O) groups excluding carboxylic acids is 3. The molecule has 0 radical (unpaired) electrons. The average Bonchev–Trinajstić information content (AvgIpc) is 3.19. The van der Waals surface area contributed by atoms with E-state index >= 15 is 0 Å². The first-order valence-corrected chi connectivity index (χ1v) is 9.00. The number of hydrogen-bond donors (Lipinski definition) is 2. The van der Waals surface area contributed by atoms with E-state index < -0.39 is 5.91 Å². The highest BCUT2D eigenvalue weighted by Crippen LogP contribution is 2.16. The maximum Gasteiger partial charge on any atom is 0.258 e. The Morgan fingerprint density at radius 1 is 1.00 bits per heavy atom. The van der Waals surface area contributed by atoms with Crippen molar-refractivity contribution in [3.05, 3.63) is 78.0 Å². The van der Waals surface area contributed by atoms with Gasteiger partial charge in [0.05, 0.1) is 0 Å². The van der Waals surface area contributed by atoms with Crippen molar-refractivity contribution in [3.63, 3.8) is 0 Å². The van der Waals surface area contributed by atoms with Gasteiger partial charge in [0.2, 0.25) is 5.91 Å². The van der Waals surface area contributed by atoms with Crippen molar-refractivity contribution in [2.75, 3.05) is 17.3 Å². The van der Waals surface area contributed by atoms with Gasteiger partial charge < -0.3 is 16.0 Å². The number of benzene rings is 2. The van der Waals surface area contributed by atoms with Crippen LogP contribution in [-0.2, 0) is 11.3 Å². The molecule has 2 aromatic carbocycles. The largest absolute Gasteiger partial charge is 0.370 e. The molecule has 0 atom stereocenters. The third kappa shape index (κ3) is 5.07. The van der Waals surface area contributed by atoms with E-state index in [9.17, 15) is 14.4 Å². The lowest BCUT2D eigenvalue weighted by atomic mass is 10.1. The maximum atomic E-state index is 12.6. The summed E-state index contributed by atoms with van der Waals surface area (Å²) in [4.78, 5) is 37.4. The van der Waals surface area contributed by atoms with Gasteiger partial charge in [-0.05, 0) is 36.4 Å². The lowest BCUT2D eigenvalue weighted by Gasteiger charge is -2.17. The van der Waals surface area contributed by atoms with E-state index in [1.165, 1.54) is 4.68 Å². The van der Waals surface area contributed by atoms with Crippen LogP contribution < -0.4 is 16.0 Å². The Balaban J connectivity index is 1.63. The van der Waals surface area contributed by atoms with Crippen LogP contribution in [-0.4, -0.2) is 34.5 Å². The van der Waals surface area contributed by atoms with Gasteiger partial charge in [-0.15, -0.1) is 0 Å². The van der Waals surface area contributed by atoms with Crippen molar-refractivity contribution in [2.45, 2.75) is 13.0 Å². The van der Waals surface area contributed by atoms with E-state index in [0.29, 0.717) is 23.5 Å². The van der Waals surface area contributed by atoms with Crippen molar-refractivity contribution < 1.29 is 14.4 Å². The number of primary amides is 1. The molecule has 0 aliphatic rings. The van der Waals surface area contributed by atoms with Crippen LogP contribution in [0.4, 0.5) is 11.5 Å². The van der Waals surface area contributed by atoms with Gasteiger partial charge in [-0.1, -0.05) is 18.2 Å². The molecule has 0 saturated heterocycles. The Kier molecular flexibility index (Phi) is 6.03. The quantitative estimate of drug-likeness (QED) is 0.644. The smallest absolute Gasteiger partial charge is 0.258 e. The van der Waals surface area contributed by atoms with E-state index in [0.717, 1.165) is 5.69 Å². The summed E-state index contributed by atoms with van der Waals surface area (Å²) in [6, 6.07) is 17.3. The second-order valence-electron chi connectivity index (χ2n) is 6.41. The highest BCUT2D eigenvalue weighted by atomic mass is 16.2. The van der Waals surface area contributed by atoms with Crippen molar-refractivity contribution >= 4 is 29.2 Å². The average molecular weight is 391 g/mol. The van der Waals surface area contributed by atoms with E-state index in [2.05, 4.69) is 10.4 Å². The number of amides is 3. The summed E-state index contributed by atoms with van der Waals surface area (Å²) in [6.45, 7) is 0.344. The van der Waals surface area contributed by atoms with Gasteiger partial charge in [-0.3, -0.25) is 19.1 Å². The van der Waals surface area contributed by atoms with Crippen molar-refractivity contribution in [1.82, 2.24) is 9.78 Å². The number of nitrogens with zero attached hydrogens (tertiary/aromatic N) is 3. The van der Waals surface area contributed by atoms with Crippen LogP contribution in [0.15, 0.2) is 66.9 Å². The summed E-state index contributed by atoms with van der Waals surface area (Å²) in [7, 11) is 1.70. The van der Waals surface area contributed by atoms with Crippen LogP contribution in [0.2, 0.25) is 0 Å². The molecule has 0 spiro atoms. The first-order valence-electron chi connectivity index (χ1n) is 9.00. The van der Waals surface area contributed by atoms with Crippen LogP contribution in [0.5, 0.6) is 0 Å². The van der Waals surface area contributed by atoms with Gasteiger partial charge in [-0.25, -0.2) is 0 Å². The third-order valence-electron chi connectivity index (χ3n) is 4.31. The molecule has 148 valence electrons. The van der Waals surface area contributed by atoms with Crippen LogP contribution in [0.25, 0.3) is 0 Å². The molecule has 0 aliphatic heterocycles. The Bertz CT molecular complexity index is 1010. The molecular formula is C21H21N5O3. The fourth-order valence-electron chi connectivity index (χ4n) is 2.69. The number of aryl methyl sites for hydroxylation is 1. The Morgan fingerprint density at radius 3 is 2.31 bits per heavy atom. The van der Waals surface area contributed by atoms with Crippen molar-refractivity contribution in [3.8, 4) is 0 Å². The fraction of sp³-hybridized carbons (Fsp3) is 0.143. The summed E-state index contributed by atoms with van der Waals surface area (Å²) >= 11 is 0. The number of nitrogens with one attached hydrogen (secondary N) is 1. The maximum absolute atomic E-state index is 12.6. The van der Waals surface area contributed by atoms with Gasteiger partial charge in [0.1, 0.15) is 0 Å². The highest BCUT2D eigenvalue weighted by molar-refractivity contribution is 6.07. The molecular weight excluding hydrogens is 370 g/mol. The third-order valence-corrected chi connectivity index (χ3v) is 4.31. The fourth-order valence-corrected chi connectivity index (χ4v) is 2.69. The second-order valence-corrected chi connectivity index (χ2v) is 6.41. The molecule has 8 nitrogen and oxygen atoms in total. The summed E-state index contributed by atoms with van der Waals surface area (Å²) in [5.41, 5.74) is 6.77. The van der Waals surface area contributed by atoms with Gasteiger partial charge in [0.25, 0.3) is 11.8 Å². The molecule has 1 heterocycles. The summed E-state index contributed by atoms with van der Waals surface area (Å²) in [5, 5.41) is 6.85. The molecule has 1 aromatic heterocycles. The molecule has 8 heteroatoms. The first-order chi connectivity index (χ1) is 13.9. The lowest BCUT2D eigenvalue weighted by molar-refractivity contribution is -0.118. The minimum atomic E-state index is -0.418. The number of anilines is 2. The predicted molar refractivity (Wildman–Crippen MR) is 110 cm³/mol. The lowest BCUT2D eigenvalue weighted by Crippen LogP contribution is -2.26. The molecule has 3 rings (SSSR count). The van der Waals surface area contributed by atoms with Gasteiger partial charge >= 0.3 is 0 Å².